The van der Waals surface area contributed by atoms with Crippen molar-refractivity contribution in [3.05, 3.63) is 58.9 Å². The second-order valence-corrected chi connectivity index (χ2v) is 11.3. The van der Waals surface area contributed by atoms with Crippen LogP contribution in [0.25, 0.3) is 16.7 Å². The number of hydrogen-bond acceptors (Lipinski definition) is 5. The zero-order valence-electron chi connectivity index (χ0n) is 17.8. The monoisotopic (exact) mass is 456 g/mol. The van der Waals surface area contributed by atoms with Gasteiger partial charge in [0.1, 0.15) is 0 Å². The summed E-state index contributed by atoms with van der Waals surface area (Å²) in [5, 5.41) is 0. The van der Waals surface area contributed by atoms with Crippen molar-refractivity contribution in [3.8, 4) is 5.69 Å². The number of piperazine rings is 1. The van der Waals surface area contributed by atoms with Gasteiger partial charge in [0.15, 0.2) is 14.6 Å². The summed E-state index contributed by atoms with van der Waals surface area (Å²) >= 11 is 5.93. The minimum atomic E-state index is -2.84. The van der Waals surface area contributed by atoms with Crippen molar-refractivity contribution in [1.29, 1.82) is 0 Å². The maximum absolute atomic E-state index is 11.8. The Balaban J connectivity index is 1.37. The van der Waals surface area contributed by atoms with E-state index < -0.39 is 9.84 Å². The van der Waals surface area contributed by atoms with Gasteiger partial charge < -0.3 is 4.57 Å². The van der Waals surface area contributed by atoms with Crippen molar-refractivity contribution in [2.24, 2.45) is 0 Å². The van der Waals surface area contributed by atoms with Crippen molar-refractivity contribution in [2.45, 2.75) is 26.1 Å². The van der Waals surface area contributed by atoms with Gasteiger partial charge in [-0.2, -0.15) is 0 Å². The molecule has 0 saturated carbocycles. The Labute approximate surface area is 188 Å². The molecule has 1 aromatic heterocycles. The summed E-state index contributed by atoms with van der Waals surface area (Å²) in [7, 11) is -2.84. The minimum Gasteiger partial charge on any atom is -0.303 e. The average molecular weight is 457 g/mol. The molecule has 0 spiro atoms. The van der Waals surface area contributed by atoms with Crippen LogP contribution >= 0.6 is 12.2 Å². The molecular weight excluding hydrogens is 428 g/mol. The van der Waals surface area contributed by atoms with E-state index in [0.717, 1.165) is 60.8 Å². The predicted molar refractivity (Wildman–Crippen MR) is 127 cm³/mol. The van der Waals surface area contributed by atoms with Gasteiger partial charge in [0.2, 0.25) is 0 Å². The summed E-state index contributed by atoms with van der Waals surface area (Å²) < 4.78 is 28.8. The first-order valence-electron chi connectivity index (χ1n) is 10.9. The highest BCUT2D eigenvalue weighted by Crippen LogP contribution is 2.24. The molecule has 31 heavy (non-hydrogen) atoms. The molecule has 1 atom stereocenters. The first kappa shape index (κ1) is 20.9. The molecule has 2 aromatic carbocycles. The summed E-state index contributed by atoms with van der Waals surface area (Å²) in [6, 6.07) is 17.0. The first-order chi connectivity index (χ1) is 14.9. The van der Waals surface area contributed by atoms with Crippen LogP contribution < -0.4 is 0 Å². The fourth-order valence-corrected chi connectivity index (χ4v) is 6.94. The van der Waals surface area contributed by atoms with Gasteiger partial charge in [-0.1, -0.05) is 29.8 Å². The highest BCUT2D eigenvalue weighted by atomic mass is 32.2. The van der Waals surface area contributed by atoms with Crippen molar-refractivity contribution in [2.75, 3.05) is 37.7 Å². The van der Waals surface area contributed by atoms with Gasteiger partial charge in [-0.15, -0.1) is 0 Å². The number of nitrogens with zero attached hydrogens (tertiary/aromatic N) is 4. The summed E-state index contributed by atoms with van der Waals surface area (Å²) in [6.45, 7) is 6.49. The fourth-order valence-electron chi connectivity index (χ4n) is 4.82. The average Bonchev–Trinajstić information content (AvgIpc) is 3.26. The van der Waals surface area contributed by atoms with Crippen LogP contribution in [0, 0.1) is 11.7 Å². The van der Waals surface area contributed by atoms with Gasteiger partial charge in [0.05, 0.1) is 29.2 Å². The molecule has 3 heterocycles. The molecule has 2 saturated heterocycles. The number of fused-ring (bicyclic) bond motifs is 1. The molecule has 2 aliphatic heterocycles. The Bertz CT molecular complexity index is 1250. The molecule has 0 radical (unpaired) electrons. The van der Waals surface area contributed by atoms with Crippen LogP contribution in [0.5, 0.6) is 0 Å². The molecule has 8 heteroatoms. The van der Waals surface area contributed by atoms with Gasteiger partial charge in [-0.3, -0.25) is 14.4 Å². The Kier molecular flexibility index (Phi) is 5.50. The second-order valence-electron chi connectivity index (χ2n) is 8.72. The highest BCUT2D eigenvalue weighted by molar-refractivity contribution is 7.91. The smallest absolute Gasteiger partial charge is 0.186 e. The number of aryl methyl sites for hydroxylation is 1. The lowest BCUT2D eigenvalue weighted by molar-refractivity contribution is 0.0853. The SMILES string of the molecule is Cc1ccc(-n2c(=S)n(CN3CCN(C4CCS(=O)(=O)C4)CC3)c3ccccc32)cc1. The minimum absolute atomic E-state index is 0.192. The summed E-state index contributed by atoms with van der Waals surface area (Å²) in [4.78, 5) is 4.78. The van der Waals surface area contributed by atoms with E-state index in [4.69, 9.17) is 12.2 Å². The van der Waals surface area contributed by atoms with Gasteiger partial charge in [0, 0.05) is 37.9 Å². The third kappa shape index (κ3) is 4.09. The van der Waals surface area contributed by atoms with E-state index in [-0.39, 0.29) is 6.04 Å². The summed E-state index contributed by atoms with van der Waals surface area (Å²) in [5.74, 6) is 0.660. The third-order valence-corrected chi connectivity index (χ3v) is 8.75. The maximum atomic E-state index is 11.8. The van der Waals surface area contributed by atoms with Gasteiger partial charge in [0.25, 0.3) is 0 Å². The van der Waals surface area contributed by atoms with Crippen molar-refractivity contribution < 1.29 is 8.42 Å². The molecule has 0 amide bonds. The highest BCUT2D eigenvalue weighted by Gasteiger charge is 2.33. The van der Waals surface area contributed by atoms with Crippen molar-refractivity contribution in [3.63, 3.8) is 0 Å². The molecule has 2 fully saturated rings. The van der Waals surface area contributed by atoms with Crippen molar-refractivity contribution >= 4 is 33.1 Å². The standard InChI is InChI=1S/C23H28N4O2S2/c1-18-6-8-19(9-7-18)27-22-5-3-2-4-21(22)26(23(27)30)17-24-11-13-25(14-12-24)20-10-15-31(28,29)16-20/h2-9,20H,10-17H2,1H3. The molecular formula is C23H28N4O2S2. The number of imidazole rings is 1. The third-order valence-electron chi connectivity index (χ3n) is 6.60. The quantitative estimate of drug-likeness (QED) is 0.564. The van der Waals surface area contributed by atoms with Crippen LogP contribution in [0.1, 0.15) is 12.0 Å². The number of rotatable bonds is 4. The van der Waals surface area contributed by atoms with Crippen LogP contribution in [0.3, 0.4) is 0 Å². The number of benzene rings is 2. The van der Waals surface area contributed by atoms with Gasteiger partial charge in [-0.25, -0.2) is 8.42 Å². The van der Waals surface area contributed by atoms with Crippen molar-refractivity contribution in [1.82, 2.24) is 18.9 Å². The molecule has 0 N–H and O–H groups in total. The zero-order chi connectivity index (χ0) is 21.6. The topological polar surface area (TPSA) is 50.5 Å². The van der Waals surface area contributed by atoms with Crippen LogP contribution in [0.4, 0.5) is 0 Å². The summed E-state index contributed by atoms with van der Waals surface area (Å²) in [6.07, 6.45) is 0.775. The number of para-hydroxylation sites is 2. The Morgan fingerprint density at radius 1 is 0.968 bits per heavy atom. The van der Waals surface area contributed by atoms with E-state index in [1.165, 1.54) is 5.56 Å². The zero-order valence-corrected chi connectivity index (χ0v) is 19.4. The fraction of sp³-hybridized carbons (Fsp3) is 0.435. The predicted octanol–water partition coefficient (Wildman–Crippen LogP) is 3.23. The molecule has 2 aliphatic rings. The van der Waals surface area contributed by atoms with E-state index in [1.807, 2.05) is 0 Å². The lowest BCUT2D eigenvalue weighted by Crippen LogP contribution is -2.50. The number of hydrogen-bond donors (Lipinski definition) is 0. The molecule has 0 bridgehead atoms. The molecule has 6 nitrogen and oxygen atoms in total. The van der Waals surface area contributed by atoms with E-state index in [9.17, 15) is 8.42 Å². The normalized spacial score (nSPS) is 22.3. The largest absolute Gasteiger partial charge is 0.303 e. The Hall–Kier alpha value is -2.00. The molecule has 0 aliphatic carbocycles. The van der Waals surface area contributed by atoms with E-state index >= 15 is 0 Å². The van der Waals surface area contributed by atoms with Crippen LogP contribution in [-0.4, -0.2) is 71.1 Å². The van der Waals surface area contributed by atoms with Crippen LogP contribution in [0.15, 0.2) is 48.5 Å². The molecule has 5 rings (SSSR count). The summed E-state index contributed by atoms with van der Waals surface area (Å²) in [5.41, 5.74) is 4.56. The van der Waals surface area contributed by atoms with E-state index in [2.05, 4.69) is 74.4 Å². The molecule has 3 aromatic rings. The molecule has 1 unspecified atom stereocenters. The first-order valence-corrected chi connectivity index (χ1v) is 13.1. The maximum Gasteiger partial charge on any atom is 0.186 e. The van der Waals surface area contributed by atoms with Gasteiger partial charge >= 0.3 is 0 Å². The van der Waals surface area contributed by atoms with Crippen LogP contribution in [-0.2, 0) is 16.5 Å². The van der Waals surface area contributed by atoms with Gasteiger partial charge in [-0.05, 0) is 49.8 Å². The lowest BCUT2D eigenvalue weighted by Gasteiger charge is -2.37. The van der Waals surface area contributed by atoms with Crippen LogP contribution in [0.2, 0.25) is 0 Å². The molecule has 164 valence electrons. The lowest BCUT2D eigenvalue weighted by atomic mass is 10.2. The number of aromatic nitrogens is 2. The number of sulfone groups is 1. The Morgan fingerprint density at radius 3 is 2.29 bits per heavy atom. The second kappa shape index (κ2) is 8.16. The van der Waals surface area contributed by atoms with E-state index in [1.54, 1.807) is 0 Å². The Morgan fingerprint density at radius 2 is 1.65 bits per heavy atom. The van der Waals surface area contributed by atoms with E-state index in [0.29, 0.717) is 11.5 Å².